The van der Waals surface area contributed by atoms with Gasteiger partial charge in [0.25, 0.3) is 0 Å². The van der Waals surface area contributed by atoms with Gasteiger partial charge < -0.3 is 14.8 Å². The Morgan fingerprint density at radius 2 is 1.97 bits per heavy atom. The van der Waals surface area contributed by atoms with Crippen LogP contribution >= 0.6 is 22.9 Å². The van der Waals surface area contributed by atoms with Gasteiger partial charge in [0.1, 0.15) is 11.5 Å². The highest BCUT2D eigenvalue weighted by Gasteiger charge is 2.14. The van der Waals surface area contributed by atoms with E-state index in [1.807, 2.05) is 40.2 Å². The van der Waals surface area contributed by atoms with Gasteiger partial charge in [-0.25, -0.2) is 4.98 Å². The van der Waals surface area contributed by atoms with Crippen LogP contribution in [0.4, 0.5) is 5.69 Å². The minimum Gasteiger partial charge on any atom is -0.497 e. The molecule has 148 valence electrons. The number of carbonyl (C=O) groups excluding carboxylic acids is 1. The Morgan fingerprint density at radius 3 is 2.69 bits per heavy atom. The van der Waals surface area contributed by atoms with Gasteiger partial charge in [-0.15, -0.1) is 11.3 Å². The Bertz CT molecular complexity index is 1170. The smallest absolute Gasteiger partial charge is 0.230 e. The monoisotopic (exact) mass is 427 g/mol. The second-order valence-electron chi connectivity index (χ2n) is 6.30. The summed E-state index contributed by atoms with van der Waals surface area (Å²) in [7, 11) is 3.14. The predicted molar refractivity (Wildman–Crippen MR) is 115 cm³/mol. The Morgan fingerprint density at radius 1 is 1.17 bits per heavy atom. The molecule has 2 aromatic heterocycles. The van der Waals surface area contributed by atoms with Crippen LogP contribution in [-0.4, -0.2) is 29.5 Å². The van der Waals surface area contributed by atoms with Crippen molar-refractivity contribution in [2.45, 2.75) is 6.42 Å². The summed E-state index contributed by atoms with van der Waals surface area (Å²) in [6, 6.07) is 12.8. The SMILES string of the molecule is COc1ccc(OC)c(NC(=O)Cc2csc3nc(-c4ccc(Cl)cc4)cn23)c1. The summed E-state index contributed by atoms with van der Waals surface area (Å²) in [5.74, 6) is 1.06. The molecule has 0 aliphatic rings. The van der Waals surface area contributed by atoms with Gasteiger partial charge in [-0.1, -0.05) is 23.7 Å². The standard InChI is InChI=1S/C21H18ClN3O3S/c1-27-16-7-8-19(28-2)17(10-16)23-20(26)9-15-12-29-21-24-18(11-25(15)21)13-3-5-14(22)6-4-13/h3-8,10-12H,9H2,1-2H3,(H,23,26). The highest BCUT2D eigenvalue weighted by atomic mass is 35.5. The maximum absolute atomic E-state index is 12.7. The number of hydrogen-bond donors (Lipinski definition) is 1. The van der Waals surface area contributed by atoms with Crippen LogP contribution in [0.15, 0.2) is 54.0 Å². The van der Waals surface area contributed by atoms with Gasteiger partial charge >= 0.3 is 0 Å². The molecule has 0 atom stereocenters. The molecule has 0 saturated carbocycles. The third kappa shape index (κ3) is 4.06. The number of methoxy groups -OCH3 is 2. The van der Waals surface area contributed by atoms with Crippen LogP contribution in [0, 0.1) is 0 Å². The van der Waals surface area contributed by atoms with E-state index < -0.39 is 0 Å². The highest BCUT2D eigenvalue weighted by Crippen LogP contribution is 2.29. The number of imidazole rings is 1. The molecule has 2 heterocycles. The van der Waals surface area contributed by atoms with E-state index in [-0.39, 0.29) is 12.3 Å². The first-order valence-corrected chi connectivity index (χ1v) is 10.1. The van der Waals surface area contributed by atoms with Crippen molar-refractivity contribution in [3.63, 3.8) is 0 Å². The van der Waals surface area contributed by atoms with E-state index in [4.69, 9.17) is 21.1 Å². The molecule has 8 heteroatoms. The molecule has 0 saturated heterocycles. The van der Waals surface area contributed by atoms with Gasteiger partial charge in [-0.3, -0.25) is 9.20 Å². The van der Waals surface area contributed by atoms with Gasteiger partial charge in [-0.2, -0.15) is 0 Å². The summed E-state index contributed by atoms with van der Waals surface area (Å²) in [6.45, 7) is 0. The van der Waals surface area contributed by atoms with Crippen molar-refractivity contribution < 1.29 is 14.3 Å². The third-order valence-electron chi connectivity index (χ3n) is 4.45. The molecule has 4 rings (SSSR count). The molecule has 1 N–H and O–H groups in total. The number of carbonyl (C=O) groups is 1. The number of thiazole rings is 1. The van der Waals surface area contributed by atoms with Crippen LogP contribution < -0.4 is 14.8 Å². The first-order chi connectivity index (χ1) is 14.1. The summed E-state index contributed by atoms with van der Waals surface area (Å²) in [5, 5.41) is 5.52. The fraction of sp³-hybridized carbons (Fsp3) is 0.143. The van der Waals surface area contributed by atoms with Crippen LogP contribution in [0.25, 0.3) is 16.2 Å². The lowest BCUT2D eigenvalue weighted by Gasteiger charge is -2.11. The molecule has 6 nitrogen and oxygen atoms in total. The van der Waals surface area contributed by atoms with Gasteiger partial charge in [0.2, 0.25) is 5.91 Å². The molecule has 0 radical (unpaired) electrons. The van der Waals surface area contributed by atoms with E-state index in [1.54, 1.807) is 32.4 Å². The molecule has 0 unspecified atom stereocenters. The van der Waals surface area contributed by atoms with Crippen molar-refractivity contribution in [2.24, 2.45) is 0 Å². The molecular weight excluding hydrogens is 410 g/mol. The van der Waals surface area contributed by atoms with Crippen molar-refractivity contribution in [2.75, 3.05) is 19.5 Å². The number of halogens is 1. The van der Waals surface area contributed by atoms with Crippen molar-refractivity contribution in [3.05, 3.63) is 64.8 Å². The molecule has 0 fully saturated rings. The number of hydrogen-bond acceptors (Lipinski definition) is 5. The number of nitrogens with one attached hydrogen (secondary N) is 1. The lowest BCUT2D eigenvalue weighted by Crippen LogP contribution is -2.16. The molecule has 2 aromatic carbocycles. The summed E-state index contributed by atoms with van der Waals surface area (Å²) in [6.07, 6.45) is 2.14. The van der Waals surface area contributed by atoms with E-state index in [1.165, 1.54) is 11.3 Å². The molecule has 29 heavy (non-hydrogen) atoms. The van der Waals surface area contributed by atoms with Crippen molar-refractivity contribution in [1.82, 2.24) is 9.38 Å². The number of amides is 1. The van der Waals surface area contributed by atoms with E-state index in [0.29, 0.717) is 22.2 Å². The summed E-state index contributed by atoms with van der Waals surface area (Å²) >= 11 is 7.46. The molecule has 0 aliphatic heterocycles. The Hall–Kier alpha value is -3.03. The zero-order valence-corrected chi connectivity index (χ0v) is 17.4. The topological polar surface area (TPSA) is 64.9 Å². The van der Waals surface area contributed by atoms with E-state index >= 15 is 0 Å². The van der Waals surface area contributed by atoms with E-state index in [2.05, 4.69) is 10.3 Å². The first kappa shape index (κ1) is 19.3. The lowest BCUT2D eigenvalue weighted by atomic mass is 10.2. The third-order valence-corrected chi connectivity index (χ3v) is 5.59. The molecule has 1 amide bonds. The summed E-state index contributed by atoms with van der Waals surface area (Å²) < 4.78 is 12.5. The number of benzene rings is 2. The number of rotatable bonds is 6. The highest BCUT2D eigenvalue weighted by molar-refractivity contribution is 7.15. The second kappa shape index (κ2) is 8.14. The quantitative estimate of drug-likeness (QED) is 0.474. The number of ether oxygens (including phenoxy) is 2. The molecular formula is C21H18ClN3O3S. The van der Waals surface area contributed by atoms with Crippen LogP contribution in [-0.2, 0) is 11.2 Å². The molecule has 4 aromatic rings. The Kier molecular flexibility index (Phi) is 5.42. The first-order valence-electron chi connectivity index (χ1n) is 8.80. The Balaban J connectivity index is 1.55. The van der Waals surface area contributed by atoms with Crippen molar-refractivity contribution in [1.29, 1.82) is 0 Å². The van der Waals surface area contributed by atoms with Gasteiger partial charge in [0.05, 0.1) is 32.0 Å². The number of fused-ring (bicyclic) bond motifs is 1. The second-order valence-corrected chi connectivity index (χ2v) is 7.58. The maximum atomic E-state index is 12.7. The maximum Gasteiger partial charge on any atom is 0.230 e. The number of anilines is 1. The minimum atomic E-state index is -0.155. The van der Waals surface area contributed by atoms with Gasteiger partial charge in [0, 0.05) is 33.9 Å². The van der Waals surface area contributed by atoms with Crippen molar-refractivity contribution in [3.8, 4) is 22.8 Å². The fourth-order valence-electron chi connectivity index (χ4n) is 2.99. The number of aromatic nitrogens is 2. The largest absolute Gasteiger partial charge is 0.497 e. The van der Waals surface area contributed by atoms with Gasteiger partial charge in [-0.05, 0) is 24.3 Å². The summed E-state index contributed by atoms with van der Waals surface area (Å²) in [5.41, 5.74) is 3.24. The zero-order chi connectivity index (χ0) is 20.4. The molecule has 0 aliphatic carbocycles. The normalized spacial score (nSPS) is 10.9. The van der Waals surface area contributed by atoms with Crippen molar-refractivity contribution >= 4 is 39.5 Å². The average molecular weight is 428 g/mol. The predicted octanol–water partition coefficient (Wildman–Crippen LogP) is 4.91. The number of nitrogens with zero attached hydrogens (tertiary/aromatic N) is 2. The van der Waals surface area contributed by atoms with Gasteiger partial charge in [0.15, 0.2) is 4.96 Å². The summed E-state index contributed by atoms with van der Waals surface area (Å²) in [4.78, 5) is 18.1. The zero-order valence-electron chi connectivity index (χ0n) is 15.8. The van der Waals surface area contributed by atoms with Crippen LogP contribution in [0.3, 0.4) is 0 Å². The van der Waals surface area contributed by atoms with Crippen LogP contribution in [0.1, 0.15) is 5.69 Å². The van der Waals surface area contributed by atoms with Crippen LogP contribution in [0.5, 0.6) is 11.5 Å². The lowest BCUT2D eigenvalue weighted by molar-refractivity contribution is -0.115. The minimum absolute atomic E-state index is 0.155. The average Bonchev–Trinajstić information content (AvgIpc) is 3.30. The molecule has 0 spiro atoms. The van der Waals surface area contributed by atoms with E-state index in [0.717, 1.165) is 21.9 Å². The molecule has 0 bridgehead atoms. The van der Waals surface area contributed by atoms with E-state index in [9.17, 15) is 4.79 Å². The van der Waals surface area contributed by atoms with Crippen LogP contribution in [0.2, 0.25) is 5.02 Å². The fourth-order valence-corrected chi connectivity index (χ4v) is 3.99. The Labute approximate surface area is 176 Å².